The zero-order chi connectivity index (χ0) is 12.3. The van der Waals surface area contributed by atoms with Gasteiger partial charge in [-0.1, -0.05) is 43.9 Å². The van der Waals surface area contributed by atoms with Crippen molar-refractivity contribution in [3.05, 3.63) is 32.9 Å². The van der Waals surface area contributed by atoms with E-state index in [-0.39, 0.29) is 0 Å². The fourth-order valence-corrected chi connectivity index (χ4v) is 3.65. The Morgan fingerprint density at radius 2 is 2.06 bits per heavy atom. The first-order valence-electron chi connectivity index (χ1n) is 6.64. The van der Waals surface area contributed by atoms with E-state index in [1.54, 1.807) is 0 Å². The molecule has 1 unspecified atom stereocenters. The number of nitrogens with one attached hydrogen (secondary N) is 1. The van der Waals surface area contributed by atoms with Gasteiger partial charge in [0.05, 0.1) is 0 Å². The SMILES string of the molecule is CNC(CC1CCCC1)c1cccc(C)c1I. The van der Waals surface area contributed by atoms with Gasteiger partial charge in [-0.3, -0.25) is 0 Å². The molecule has 94 valence electrons. The Bertz CT molecular complexity index is 369. The minimum Gasteiger partial charge on any atom is -0.313 e. The molecule has 1 nitrogen and oxygen atoms in total. The summed E-state index contributed by atoms with van der Waals surface area (Å²) in [5.74, 6) is 0.934. The summed E-state index contributed by atoms with van der Waals surface area (Å²) in [5, 5.41) is 3.51. The number of halogens is 1. The van der Waals surface area contributed by atoms with Gasteiger partial charge in [0.15, 0.2) is 0 Å². The van der Waals surface area contributed by atoms with E-state index in [2.05, 4.69) is 60.1 Å². The smallest absolute Gasteiger partial charge is 0.0330 e. The molecule has 1 aliphatic rings. The van der Waals surface area contributed by atoms with Crippen molar-refractivity contribution in [1.82, 2.24) is 5.32 Å². The summed E-state index contributed by atoms with van der Waals surface area (Å²) in [4.78, 5) is 0. The molecule has 1 aromatic carbocycles. The summed E-state index contributed by atoms with van der Waals surface area (Å²) in [6.45, 7) is 2.20. The van der Waals surface area contributed by atoms with Crippen LogP contribution in [0.3, 0.4) is 0 Å². The lowest BCUT2D eigenvalue weighted by Crippen LogP contribution is -2.20. The van der Waals surface area contributed by atoms with Crippen molar-refractivity contribution in [2.75, 3.05) is 7.05 Å². The van der Waals surface area contributed by atoms with E-state index in [9.17, 15) is 0 Å². The highest BCUT2D eigenvalue weighted by Crippen LogP contribution is 2.34. The lowest BCUT2D eigenvalue weighted by molar-refractivity contribution is 0.412. The van der Waals surface area contributed by atoms with Crippen LogP contribution >= 0.6 is 22.6 Å². The highest BCUT2D eigenvalue weighted by atomic mass is 127. The first kappa shape index (κ1) is 13.3. The third-order valence-electron chi connectivity index (χ3n) is 3.99. The summed E-state index contributed by atoms with van der Waals surface area (Å²) in [6.07, 6.45) is 7.04. The Kier molecular flexibility index (Phi) is 4.86. The van der Waals surface area contributed by atoms with Gasteiger partial charge in [-0.2, -0.15) is 0 Å². The molecule has 0 aromatic heterocycles. The summed E-state index contributed by atoms with van der Waals surface area (Å²) >= 11 is 2.49. The van der Waals surface area contributed by atoms with Crippen LogP contribution in [-0.2, 0) is 0 Å². The zero-order valence-electron chi connectivity index (χ0n) is 10.8. The van der Waals surface area contributed by atoms with Crippen LogP contribution in [0.5, 0.6) is 0 Å². The number of benzene rings is 1. The summed E-state index contributed by atoms with van der Waals surface area (Å²) in [6, 6.07) is 7.20. The Morgan fingerprint density at radius 1 is 1.35 bits per heavy atom. The second-order valence-electron chi connectivity index (χ2n) is 5.21. The van der Waals surface area contributed by atoms with Gasteiger partial charge in [0, 0.05) is 9.61 Å². The summed E-state index contributed by atoms with van der Waals surface area (Å²) in [5.41, 5.74) is 2.88. The molecule has 0 amide bonds. The Hall–Kier alpha value is -0.0900. The van der Waals surface area contributed by atoms with Crippen molar-refractivity contribution in [3.63, 3.8) is 0 Å². The monoisotopic (exact) mass is 343 g/mol. The standard InChI is InChI=1S/C15H22IN/c1-11-6-5-9-13(15(11)16)14(17-2)10-12-7-3-4-8-12/h5-6,9,12,14,17H,3-4,7-8,10H2,1-2H3. The van der Waals surface area contributed by atoms with E-state index in [0.717, 1.165) is 5.92 Å². The van der Waals surface area contributed by atoms with Crippen LogP contribution in [0.1, 0.15) is 49.3 Å². The fourth-order valence-electron chi connectivity index (χ4n) is 2.92. The van der Waals surface area contributed by atoms with Gasteiger partial charge in [-0.15, -0.1) is 0 Å². The van der Waals surface area contributed by atoms with Crippen LogP contribution in [0, 0.1) is 16.4 Å². The average Bonchev–Trinajstić information content (AvgIpc) is 2.83. The summed E-state index contributed by atoms with van der Waals surface area (Å²) in [7, 11) is 2.10. The largest absolute Gasteiger partial charge is 0.313 e. The van der Waals surface area contributed by atoms with E-state index < -0.39 is 0 Å². The highest BCUT2D eigenvalue weighted by molar-refractivity contribution is 14.1. The maximum Gasteiger partial charge on any atom is 0.0330 e. The lowest BCUT2D eigenvalue weighted by Gasteiger charge is -2.22. The molecule has 1 aliphatic carbocycles. The second kappa shape index (κ2) is 6.19. The van der Waals surface area contributed by atoms with E-state index in [0.29, 0.717) is 6.04 Å². The first-order chi connectivity index (χ1) is 8.22. The molecule has 17 heavy (non-hydrogen) atoms. The van der Waals surface area contributed by atoms with Crippen molar-refractivity contribution in [3.8, 4) is 0 Å². The van der Waals surface area contributed by atoms with Gasteiger partial charge in [-0.25, -0.2) is 0 Å². The maximum absolute atomic E-state index is 3.51. The van der Waals surface area contributed by atoms with E-state index in [1.165, 1.54) is 46.8 Å². The predicted molar refractivity (Wildman–Crippen MR) is 82.3 cm³/mol. The van der Waals surface area contributed by atoms with Gasteiger partial charge in [0.25, 0.3) is 0 Å². The van der Waals surface area contributed by atoms with Gasteiger partial charge >= 0.3 is 0 Å². The molecule has 0 spiro atoms. The van der Waals surface area contributed by atoms with Gasteiger partial charge in [0.2, 0.25) is 0 Å². The normalized spacial score (nSPS) is 18.5. The van der Waals surface area contributed by atoms with Crippen molar-refractivity contribution >= 4 is 22.6 Å². The van der Waals surface area contributed by atoms with Crippen molar-refractivity contribution < 1.29 is 0 Å². The molecule has 0 bridgehead atoms. The van der Waals surface area contributed by atoms with Crippen LogP contribution in [0.4, 0.5) is 0 Å². The molecule has 0 heterocycles. The van der Waals surface area contributed by atoms with Gasteiger partial charge in [0.1, 0.15) is 0 Å². The third kappa shape index (κ3) is 3.22. The molecule has 1 fully saturated rings. The van der Waals surface area contributed by atoms with Crippen LogP contribution in [0.2, 0.25) is 0 Å². The quantitative estimate of drug-likeness (QED) is 0.797. The van der Waals surface area contributed by atoms with Crippen LogP contribution in [0.25, 0.3) is 0 Å². The summed E-state index contributed by atoms with van der Waals surface area (Å²) < 4.78 is 1.43. The fraction of sp³-hybridized carbons (Fsp3) is 0.600. The number of hydrogen-bond acceptors (Lipinski definition) is 1. The zero-order valence-corrected chi connectivity index (χ0v) is 13.0. The van der Waals surface area contributed by atoms with Crippen LogP contribution < -0.4 is 5.32 Å². The molecule has 1 aromatic rings. The topological polar surface area (TPSA) is 12.0 Å². The van der Waals surface area contributed by atoms with Gasteiger partial charge < -0.3 is 5.32 Å². The molecule has 0 radical (unpaired) electrons. The molecule has 2 rings (SSSR count). The molecular formula is C15H22IN. The lowest BCUT2D eigenvalue weighted by atomic mass is 9.93. The molecule has 1 saturated carbocycles. The minimum atomic E-state index is 0.532. The highest BCUT2D eigenvalue weighted by Gasteiger charge is 2.21. The molecule has 0 aliphatic heterocycles. The molecular weight excluding hydrogens is 321 g/mol. The molecule has 2 heteroatoms. The average molecular weight is 343 g/mol. The van der Waals surface area contributed by atoms with Gasteiger partial charge in [-0.05, 0) is 60.0 Å². The van der Waals surface area contributed by atoms with E-state index in [1.807, 2.05) is 0 Å². The molecule has 0 saturated heterocycles. The number of aryl methyl sites for hydroxylation is 1. The Balaban J connectivity index is 2.13. The second-order valence-corrected chi connectivity index (χ2v) is 6.28. The number of hydrogen-bond donors (Lipinski definition) is 1. The molecule has 1 N–H and O–H groups in total. The minimum absolute atomic E-state index is 0.532. The Morgan fingerprint density at radius 3 is 2.71 bits per heavy atom. The maximum atomic E-state index is 3.51. The third-order valence-corrected chi connectivity index (χ3v) is 5.46. The van der Waals surface area contributed by atoms with E-state index in [4.69, 9.17) is 0 Å². The van der Waals surface area contributed by atoms with E-state index >= 15 is 0 Å². The Labute approximate surface area is 119 Å². The number of rotatable bonds is 4. The van der Waals surface area contributed by atoms with Crippen molar-refractivity contribution in [2.24, 2.45) is 5.92 Å². The first-order valence-corrected chi connectivity index (χ1v) is 7.72. The predicted octanol–water partition coefficient (Wildman–Crippen LogP) is 4.44. The van der Waals surface area contributed by atoms with Crippen molar-refractivity contribution in [2.45, 2.75) is 45.1 Å². The molecule has 1 atom stereocenters. The van der Waals surface area contributed by atoms with Crippen LogP contribution in [-0.4, -0.2) is 7.05 Å². The van der Waals surface area contributed by atoms with Crippen molar-refractivity contribution in [1.29, 1.82) is 0 Å². The van der Waals surface area contributed by atoms with Crippen LogP contribution in [0.15, 0.2) is 18.2 Å².